The summed E-state index contributed by atoms with van der Waals surface area (Å²) >= 11 is 0. The van der Waals surface area contributed by atoms with Crippen molar-refractivity contribution in [2.75, 3.05) is 49.6 Å². The van der Waals surface area contributed by atoms with Gasteiger partial charge in [-0.1, -0.05) is 12.1 Å². The highest BCUT2D eigenvalue weighted by molar-refractivity contribution is 6.01. The molecule has 146 valence electrons. The van der Waals surface area contributed by atoms with Gasteiger partial charge in [0.05, 0.1) is 18.7 Å². The van der Waals surface area contributed by atoms with E-state index in [1.165, 1.54) is 0 Å². The molecule has 1 aromatic heterocycles. The van der Waals surface area contributed by atoms with Crippen LogP contribution in [0.4, 0.5) is 11.5 Å². The number of carbonyl (C=O) groups is 2. The SMILES string of the molecule is COc1ccccc1N1CC(C(=O)N2CCN(c3cccnn3)CC2)CC1=O. The number of hydrogen-bond donors (Lipinski definition) is 0. The van der Waals surface area contributed by atoms with Gasteiger partial charge in [-0.2, -0.15) is 5.10 Å². The average molecular weight is 381 g/mol. The van der Waals surface area contributed by atoms with Gasteiger partial charge in [-0.25, -0.2) is 0 Å². The fourth-order valence-electron chi connectivity index (χ4n) is 3.83. The number of carbonyl (C=O) groups excluding carboxylic acids is 2. The molecule has 1 unspecified atom stereocenters. The minimum atomic E-state index is -0.319. The summed E-state index contributed by atoms with van der Waals surface area (Å²) in [4.78, 5) is 31.2. The largest absolute Gasteiger partial charge is 0.495 e. The Kier molecular flexibility index (Phi) is 5.10. The summed E-state index contributed by atoms with van der Waals surface area (Å²) in [5.41, 5.74) is 0.720. The molecule has 2 saturated heterocycles. The molecule has 0 spiro atoms. The number of amides is 2. The van der Waals surface area contributed by atoms with Gasteiger partial charge >= 0.3 is 0 Å². The van der Waals surface area contributed by atoms with Gasteiger partial charge in [0.15, 0.2) is 5.82 Å². The summed E-state index contributed by atoms with van der Waals surface area (Å²) in [6.45, 7) is 3.05. The van der Waals surface area contributed by atoms with Crippen LogP contribution in [0.25, 0.3) is 0 Å². The molecule has 1 atom stereocenters. The van der Waals surface area contributed by atoms with Gasteiger partial charge in [0.1, 0.15) is 5.75 Å². The molecule has 8 nitrogen and oxygen atoms in total. The van der Waals surface area contributed by atoms with E-state index in [2.05, 4.69) is 15.1 Å². The Morgan fingerprint density at radius 1 is 1.11 bits per heavy atom. The summed E-state index contributed by atoms with van der Waals surface area (Å²) in [5.74, 6) is 1.15. The Bertz CT molecular complexity index is 852. The smallest absolute Gasteiger partial charge is 0.228 e. The van der Waals surface area contributed by atoms with Gasteiger partial charge < -0.3 is 19.4 Å². The van der Waals surface area contributed by atoms with E-state index >= 15 is 0 Å². The molecular formula is C20H23N5O3. The van der Waals surface area contributed by atoms with Gasteiger partial charge in [-0.15, -0.1) is 5.10 Å². The Morgan fingerprint density at radius 3 is 2.61 bits per heavy atom. The predicted octanol–water partition coefficient (Wildman–Crippen LogP) is 1.19. The molecule has 0 bridgehead atoms. The lowest BCUT2D eigenvalue weighted by Gasteiger charge is -2.36. The van der Waals surface area contributed by atoms with Gasteiger partial charge in [-0.05, 0) is 24.3 Å². The normalized spacial score (nSPS) is 19.8. The van der Waals surface area contributed by atoms with Crippen molar-refractivity contribution in [3.63, 3.8) is 0 Å². The average Bonchev–Trinajstić information content (AvgIpc) is 3.15. The van der Waals surface area contributed by atoms with Gasteiger partial charge in [0.2, 0.25) is 11.8 Å². The van der Waals surface area contributed by atoms with Crippen LogP contribution in [-0.2, 0) is 9.59 Å². The lowest BCUT2D eigenvalue weighted by atomic mass is 10.1. The molecule has 2 fully saturated rings. The fourth-order valence-corrected chi connectivity index (χ4v) is 3.83. The molecule has 0 radical (unpaired) electrons. The summed E-state index contributed by atoms with van der Waals surface area (Å²) in [6.07, 6.45) is 1.88. The van der Waals surface area contributed by atoms with E-state index in [-0.39, 0.29) is 24.2 Å². The maximum atomic E-state index is 13.0. The number of rotatable bonds is 4. The van der Waals surface area contributed by atoms with Crippen molar-refractivity contribution in [2.45, 2.75) is 6.42 Å². The summed E-state index contributed by atoms with van der Waals surface area (Å²) < 4.78 is 5.37. The zero-order valence-corrected chi connectivity index (χ0v) is 15.8. The monoisotopic (exact) mass is 381 g/mol. The first-order chi connectivity index (χ1) is 13.7. The topological polar surface area (TPSA) is 78.9 Å². The quantitative estimate of drug-likeness (QED) is 0.792. The van der Waals surface area contributed by atoms with E-state index in [1.54, 1.807) is 18.2 Å². The minimum Gasteiger partial charge on any atom is -0.495 e. The maximum Gasteiger partial charge on any atom is 0.228 e. The lowest BCUT2D eigenvalue weighted by molar-refractivity contribution is -0.136. The first-order valence-electron chi connectivity index (χ1n) is 9.42. The molecule has 1 aromatic carbocycles. The van der Waals surface area contributed by atoms with Crippen LogP contribution in [0.2, 0.25) is 0 Å². The van der Waals surface area contributed by atoms with Crippen molar-refractivity contribution in [3.8, 4) is 5.75 Å². The van der Waals surface area contributed by atoms with E-state index < -0.39 is 0 Å². The molecule has 3 heterocycles. The number of methoxy groups -OCH3 is 1. The third kappa shape index (κ3) is 3.49. The molecule has 28 heavy (non-hydrogen) atoms. The van der Waals surface area contributed by atoms with Crippen molar-refractivity contribution < 1.29 is 14.3 Å². The number of benzene rings is 1. The van der Waals surface area contributed by atoms with Crippen LogP contribution in [0.5, 0.6) is 5.75 Å². The Balaban J connectivity index is 1.39. The molecule has 8 heteroatoms. The van der Waals surface area contributed by atoms with Crippen molar-refractivity contribution >= 4 is 23.3 Å². The van der Waals surface area contributed by atoms with Gasteiger partial charge in [0.25, 0.3) is 0 Å². The molecule has 0 saturated carbocycles. The Morgan fingerprint density at radius 2 is 1.89 bits per heavy atom. The second kappa shape index (κ2) is 7.84. The van der Waals surface area contributed by atoms with Crippen molar-refractivity contribution in [3.05, 3.63) is 42.6 Å². The predicted molar refractivity (Wildman–Crippen MR) is 104 cm³/mol. The first-order valence-corrected chi connectivity index (χ1v) is 9.42. The second-order valence-electron chi connectivity index (χ2n) is 6.97. The fraction of sp³-hybridized carbons (Fsp3) is 0.400. The van der Waals surface area contributed by atoms with Crippen LogP contribution in [-0.4, -0.2) is 66.7 Å². The number of ether oxygens (including phenoxy) is 1. The molecule has 2 aromatic rings. The lowest BCUT2D eigenvalue weighted by Crippen LogP contribution is -2.51. The van der Waals surface area contributed by atoms with Gasteiger partial charge in [0, 0.05) is 45.3 Å². The molecule has 2 aliphatic rings. The van der Waals surface area contributed by atoms with Crippen LogP contribution >= 0.6 is 0 Å². The number of piperazine rings is 1. The van der Waals surface area contributed by atoms with E-state index in [0.29, 0.717) is 38.5 Å². The number of anilines is 2. The number of para-hydroxylation sites is 2. The molecular weight excluding hydrogens is 358 g/mol. The second-order valence-corrected chi connectivity index (χ2v) is 6.97. The number of hydrogen-bond acceptors (Lipinski definition) is 6. The van der Waals surface area contributed by atoms with Crippen molar-refractivity contribution in [1.29, 1.82) is 0 Å². The van der Waals surface area contributed by atoms with Crippen LogP contribution in [0.3, 0.4) is 0 Å². The van der Waals surface area contributed by atoms with E-state index in [4.69, 9.17) is 4.74 Å². The first kappa shape index (κ1) is 18.2. The third-order valence-corrected chi connectivity index (χ3v) is 5.32. The van der Waals surface area contributed by atoms with E-state index in [1.807, 2.05) is 41.3 Å². The Hall–Kier alpha value is -3.16. The van der Waals surface area contributed by atoms with E-state index in [9.17, 15) is 9.59 Å². The Labute approximate surface area is 163 Å². The molecule has 2 aliphatic heterocycles. The number of nitrogens with zero attached hydrogens (tertiary/aromatic N) is 5. The molecule has 0 aliphatic carbocycles. The highest BCUT2D eigenvalue weighted by Crippen LogP contribution is 2.33. The summed E-state index contributed by atoms with van der Waals surface area (Å²) in [6, 6.07) is 11.2. The number of aromatic nitrogens is 2. The zero-order chi connectivity index (χ0) is 19.5. The molecule has 4 rings (SSSR count). The van der Waals surface area contributed by atoms with Crippen molar-refractivity contribution in [1.82, 2.24) is 15.1 Å². The van der Waals surface area contributed by atoms with Crippen LogP contribution < -0.4 is 14.5 Å². The third-order valence-electron chi connectivity index (χ3n) is 5.32. The summed E-state index contributed by atoms with van der Waals surface area (Å²) in [5, 5.41) is 8.04. The van der Waals surface area contributed by atoms with Crippen LogP contribution in [0.1, 0.15) is 6.42 Å². The van der Waals surface area contributed by atoms with Gasteiger partial charge in [-0.3, -0.25) is 9.59 Å². The zero-order valence-electron chi connectivity index (χ0n) is 15.8. The molecule has 0 N–H and O–H groups in total. The highest BCUT2D eigenvalue weighted by atomic mass is 16.5. The summed E-state index contributed by atoms with van der Waals surface area (Å²) in [7, 11) is 1.58. The molecule has 2 amide bonds. The van der Waals surface area contributed by atoms with Crippen molar-refractivity contribution in [2.24, 2.45) is 5.92 Å². The standard InChI is InChI=1S/C20H23N5O3/c1-28-17-6-3-2-5-16(17)25-14-15(13-19(25)26)20(27)24-11-9-23(10-12-24)18-7-4-8-21-22-18/h2-8,15H,9-14H2,1H3. The maximum absolute atomic E-state index is 13.0. The highest BCUT2D eigenvalue weighted by Gasteiger charge is 2.38. The van der Waals surface area contributed by atoms with Crippen LogP contribution in [0.15, 0.2) is 42.6 Å². The van der Waals surface area contributed by atoms with Crippen LogP contribution in [0, 0.1) is 5.92 Å². The van der Waals surface area contributed by atoms with E-state index in [0.717, 1.165) is 11.5 Å². The minimum absolute atomic E-state index is 0.0407.